The van der Waals surface area contributed by atoms with Crippen molar-refractivity contribution in [1.82, 2.24) is 25.2 Å². The predicted molar refractivity (Wildman–Crippen MR) is 104 cm³/mol. The van der Waals surface area contributed by atoms with Crippen molar-refractivity contribution >= 4 is 6.03 Å². The third kappa shape index (κ3) is 4.59. The number of benzene rings is 1. The Labute approximate surface area is 163 Å². The Morgan fingerprint density at radius 2 is 1.89 bits per heavy atom. The molecule has 28 heavy (non-hydrogen) atoms. The highest BCUT2D eigenvalue weighted by Crippen LogP contribution is 2.23. The number of pyridine rings is 1. The van der Waals surface area contributed by atoms with Gasteiger partial charge in [-0.05, 0) is 29.3 Å². The SMILES string of the molecule is COc1ccc(C(NC(=O)NCc2ccnc(OC)c2)c2nccn2C)cc1. The second-order valence-corrected chi connectivity index (χ2v) is 6.14. The van der Waals surface area contributed by atoms with E-state index in [-0.39, 0.29) is 6.03 Å². The summed E-state index contributed by atoms with van der Waals surface area (Å²) in [7, 11) is 5.06. The van der Waals surface area contributed by atoms with E-state index in [2.05, 4.69) is 20.6 Å². The van der Waals surface area contributed by atoms with Crippen LogP contribution in [-0.4, -0.2) is 34.8 Å². The highest BCUT2D eigenvalue weighted by Gasteiger charge is 2.20. The summed E-state index contributed by atoms with van der Waals surface area (Å²) in [6.07, 6.45) is 5.19. The number of amides is 2. The monoisotopic (exact) mass is 381 g/mol. The highest BCUT2D eigenvalue weighted by molar-refractivity contribution is 5.74. The summed E-state index contributed by atoms with van der Waals surface area (Å²) >= 11 is 0. The number of ether oxygens (including phenoxy) is 2. The molecule has 0 aliphatic carbocycles. The van der Waals surface area contributed by atoms with Crippen molar-refractivity contribution in [1.29, 1.82) is 0 Å². The number of urea groups is 1. The van der Waals surface area contributed by atoms with Crippen LogP contribution < -0.4 is 20.1 Å². The lowest BCUT2D eigenvalue weighted by Crippen LogP contribution is -2.38. The first-order chi connectivity index (χ1) is 13.6. The van der Waals surface area contributed by atoms with Gasteiger partial charge in [0.15, 0.2) is 0 Å². The number of hydrogen-bond donors (Lipinski definition) is 2. The minimum Gasteiger partial charge on any atom is -0.497 e. The summed E-state index contributed by atoms with van der Waals surface area (Å²) in [6.45, 7) is 0.348. The van der Waals surface area contributed by atoms with Crippen molar-refractivity contribution in [2.45, 2.75) is 12.6 Å². The molecule has 8 heteroatoms. The Hall–Kier alpha value is -3.55. The van der Waals surface area contributed by atoms with Crippen molar-refractivity contribution in [3.05, 3.63) is 71.9 Å². The maximum absolute atomic E-state index is 12.6. The molecule has 0 bridgehead atoms. The molecule has 0 saturated carbocycles. The number of imidazole rings is 1. The second kappa shape index (κ2) is 8.90. The van der Waals surface area contributed by atoms with Gasteiger partial charge in [0.2, 0.25) is 5.88 Å². The summed E-state index contributed by atoms with van der Waals surface area (Å²) in [5.41, 5.74) is 1.79. The quantitative estimate of drug-likeness (QED) is 0.656. The van der Waals surface area contributed by atoms with Gasteiger partial charge >= 0.3 is 6.03 Å². The number of aromatic nitrogens is 3. The number of rotatable bonds is 7. The molecule has 1 unspecified atom stereocenters. The zero-order valence-electron chi connectivity index (χ0n) is 16.0. The van der Waals surface area contributed by atoms with Crippen LogP contribution >= 0.6 is 0 Å². The molecule has 8 nitrogen and oxygen atoms in total. The van der Waals surface area contributed by atoms with E-state index in [1.54, 1.807) is 32.7 Å². The summed E-state index contributed by atoms with van der Waals surface area (Å²) < 4.78 is 12.2. The molecule has 2 amide bonds. The van der Waals surface area contributed by atoms with Gasteiger partial charge in [0, 0.05) is 38.2 Å². The van der Waals surface area contributed by atoms with Crippen LogP contribution in [0.1, 0.15) is 23.0 Å². The van der Waals surface area contributed by atoms with Gasteiger partial charge in [0.1, 0.15) is 17.6 Å². The second-order valence-electron chi connectivity index (χ2n) is 6.14. The number of carbonyl (C=O) groups excluding carboxylic acids is 1. The van der Waals surface area contributed by atoms with Crippen LogP contribution in [0.5, 0.6) is 11.6 Å². The first kappa shape index (κ1) is 19.2. The van der Waals surface area contributed by atoms with Crippen LogP contribution in [0.3, 0.4) is 0 Å². The zero-order chi connectivity index (χ0) is 19.9. The van der Waals surface area contributed by atoms with Crippen molar-refractivity contribution in [3.8, 4) is 11.6 Å². The zero-order valence-corrected chi connectivity index (χ0v) is 16.0. The van der Waals surface area contributed by atoms with Gasteiger partial charge in [-0.15, -0.1) is 0 Å². The number of hydrogen-bond acceptors (Lipinski definition) is 5. The fourth-order valence-electron chi connectivity index (χ4n) is 2.79. The molecule has 146 valence electrons. The Kier molecular flexibility index (Phi) is 6.11. The van der Waals surface area contributed by atoms with Crippen LogP contribution in [0.15, 0.2) is 55.0 Å². The van der Waals surface area contributed by atoms with E-state index in [1.807, 2.05) is 48.1 Å². The Balaban J connectivity index is 1.73. The summed E-state index contributed by atoms with van der Waals surface area (Å²) in [6, 6.07) is 10.4. The molecule has 0 aliphatic rings. The molecular formula is C20H23N5O3. The molecule has 3 rings (SSSR count). The van der Waals surface area contributed by atoms with E-state index in [1.165, 1.54) is 0 Å². The van der Waals surface area contributed by atoms with Crippen molar-refractivity contribution in [3.63, 3.8) is 0 Å². The minimum absolute atomic E-state index is 0.306. The van der Waals surface area contributed by atoms with Gasteiger partial charge in [-0.3, -0.25) is 0 Å². The lowest BCUT2D eigenvalue weighted by molar-refractivity contribution is 0.237. The van der Waals surface area contributed by atoms with Gasteiger partial charge in [-0.2, -0.15) is 0 Å². The number of nitrogens with one attached hydrogen (secondary N) is 2. The van der Waals surface area contributed by atoms with E-state index in [0.29, 0.717) is 12.4 Å². The van der Waals surface area contributed by atoms with Gasteiger partial charge in [0.25, 0.3) is 0 Å². The number of aryl methyl sites for hydroxylation is 1. The Morgan fingerprint density at radius 3 is 2.54 bits per heavy atom. The molecular weight excluding hydrogens is 358 g/mol. The molecule has 0 saturated heterocycles. The third-order valence-corrected chi connectivity index (χ3v) is 4.30. The summed E-state index contributed by atoms with van der Waals surface area (Å²) in [4.78, 5) is 21.0. The van der Waals surface area contributed by atoms with Crippen molar-refractivity contribution in [2.24, 2.45) is 7.05 Å². The molecule has 3 aromatic rings. The number of carbonyl (C=O) groups is 1. The lowest BCUT2D eigenvalue weighted by Gasteiger charge is -2.20. The topological polar surface area (TPSA) is 90.3 Å². The van der Waals surface area contributed by atoms with E-state index < -0.39 is 6.04 Å². The molecule has 0 radical (unpaired) electrons. The maximum atomic E-state index is 12.6. The van der Waals surface area contributed by atoms with E-state index in [9.17, 15) is 4.79 Å². The molecule has 1 aromatic carbocycles. The molecule has 2 N–H and O–H groups in total. The van der Waals surface area contributed by atoms with Crippen LogP contribution in [0.2, 0.25) is 0 Å². The number of methoxy groups -OCH3 is 2. The average molecular weight is 381 g/mol. The van der Waals surface area contributed by atoms with E-state index in [4.69, 9.17) is 9.47 Å². The van der Waals surface area contributed by atoms with Gasteiger partial charge < -0.3 is 24.7 Å². The van der Waals surface area contributed by atoms with Gasteiger partial charge in [-0.1, -0.05) is 12.1 Å². The highest BCUT2D eigenvalue weighted by atomic mass is 16.5. The molecule has 2 heterocycles. The molecule has 0 aliphatic heterocycles. The largest absolute Gasteiger partial charge is 0.497 e. The predicted octanol–water partition coefficient (Wildman–Crippen LogP) is 2.42. The fraction of sp³-hybridized carbons (Fsp3) is 0.250. The van der Waals surface area contributed by atoms with Gasteiger partial charge in [0.05, 0.1) is 14.2 Å². The molecule has 0 fully saturated rings. The van der Waals surface area contributed by atoms with E-state index in [0.717, 1.165) is 22.7 Å². The first-order valence-corrected chi connectivity index (χ1v) is 8.75. The maximum Gasteiger partial charge on any atom is 0.315 e. The van der Waals surface area contributed by atoms with Crippen molar-refractivity contribution < 1.29 is 14.3 Å². The lowest BCUT2D eigenvalue weighted by atomic mass is 10.1. The van der Waals surface area contributed by atoms with E-state index >= 15 is 0 Å². The Bertz CT molecular complexity index is 924. The molecule has 1 atom stereocenters. The number of nitrogens with zero attached hydrogens (tertiary/aromatic N) is 3. The first-order valence-electron chi connectivity index (χ1n) is 8.75. The molecule has 2 aromatic heterocycles. The fourth-order valence-corrected chi connectivity index (χ4v) is 2.79. The summed E-state index contributed by atoms with van der Waals surface area (Å²) in [5, 5.41) is 5.85. The standard InChI is InChI=1S/C20H23N5O3/c1-25-11-10-22-19(25)18(15-4-6-16(27-2)7-5-15)24-20(26)23-13-14-8-9-21-17(12-14)28-3/h4-12,18H,13H2,1-3H3,(H2,23,24,26). The Morgan fingerprint density at radius 1 is 1.11 bits per heavy atom. The average Bonchev–Trinajstić information content (AvgIpc) is 3.16. The van der Waals surface area contributed by atoms with Crippen LogP contribution in [0, 0.1) is 0 Å². The van der Waals surface area contributed by atoms with Crippen LogP contribution in [-0.2, 0) is 13.6 Å². The third-order valence-electron chi connectivity index (χ3n) is 4.30. The minimum atomic E-state index is -0.405. The summed E-state index contributed by atoms with van der Waals surface area (Å²) in [5.74, 6) is 1.98. The van der Waals surface area contributed by atoms with Gasteiger partial charge in [-0.25, -0.2) is 14.8 Å². The van der Waals surface area contributed by atoms with Crippen LogP contribution in [0.4, 0.5) is 4.79 Å². The normalized spacial score (nSPS) is 11.5. The van der Waals surface area contributed by atoms with Crippen LogP contribution in [0.25, 0.3) is 0 Å². The molecule has 0 spiro atoms. The van der Waals surface area contributed by atoms with Crippen molar-refractivity contribution in [2.75, 3.05) is 14.2 Å². The smallest absolute Gasteiger partial charge is 0.315 e.